The van der Waals surface area contributed by atoms with E-state index in [-0.39, 0.29) is 34.2 Å². The zero-order valence-corrected chi connectivity index (χ0v) is 22.6. The summed E-state index contributed by atoms with van der Waals surface area (Å²) in [6.07, 6.45) is 2.62. The van der Waals surface area contributed by atoms with Crippen molar-refractivity contribution in [3.05, 3.63) is 116 Å². The predicted octanol–water partition coefficient (Wildman–Crippen LogP) is 3.69. The van der Waals surface area contributed by atoms with E-state index in [0.29, 0.717) is 11.1 Å². The quantitative estimate of drug-likeness (QED) is 0.0993. The maximum atomic E-state index is 12.3. The van der Waals surface area contributed by atoms with E-state index in [0.717, 1.165) is 30.3 Å². The molecule has 0 amide bonds. The Bertz CT molecular complexity index is 1910. The van der Waals surface area contributed by atoms with Gasteiger partial charge in [-0.05, 0) is 47.5 Å². The Balaban J connectivity index is 0.000000279. The second kappa shape index (κ2) is 14.1. The van der Waals surface area contributed by atoms with Crippen LogP contribution in [0.3, 0.4) is 0 Å². The fraction of sp³-hybridized carbons (Fsp3) is 0. The first kappa shape index (κ1) is 33.3. The normalized spacial score (nSPS) is 11.7. The highest BCUT2D eigenvalue weighted by molar-refractivity contribution is 7.85. The number of aromatic hydroxyl groups is 3. The molecular weight excluding hydrogens is 616 g/mol. The predicted molar refractivity (Wildman–Crippen MR) is 145 cm³/mol. The third-order valence-corrected chi connectivity index (χ3v) is 5.72. The van der Waals surface area contributed by atoms with Gasteiger partial charge in [0.05, 0.1) is 20.2 Å². The van der Waals surface area contributed by atoms with Crippen LogP contribution in [-0.2, 0) is 20.6 Å². The summed E-state index contributed by atoms with van der Waals surface area (Å²) in [6, 6.07) is 13.1. The SMILES string of the molecule is O=C1C=CC(=O)c2ccccc21.[N-]=[N+]=NS(=O)(=O)O.[N-]=[N+]=NS(=O)(=O)Oc1ccc(C(=O)c2ccc(O)cc2O)c(O)c1. The number of fused-ring (bicyclic) bond motifs is 1. The molecule has 0 atom stereocenters. The summed E-state index contributed by atoms with van der Waals surface area (Å²) in [7, 11) is -9.02. The second-order valence-electron chi connectivity index (χ2n) is 7.62. The van der Waals surface area contributed by atoms with Crippen LogP contribution in [0.5, 0.6) is 23.0 Å². The van der Waals surface area contributed by atoms with E-state index in [4.69, 9.17) is 15.6 Å². The monoisotopic (exact) mass is 632 g/mol. The molecule has 0 aliphatic heterocycles. The Hall–Kier alpha value is -5.91. The number of allylic oxidation sites excluding steroid dienone is 2. The summed E-state index contributed by atoms with van der Waals surface area (Å²) in [4.78, 5) is 38.5. The smallest absolute Gasteiger partial charge is 0.403 e. The first-order valence-electron chi connectivity index (χ1n) is 10.9. The van der Waals surface area contributed by atoms with Gasteiger partial charge in [-0.3, -0.25) is 18.9 Å². The van der Waals surface area contributed by atoms with Crippen molar-refractivity contribution in [1.82, 2.24) is 0 Å². The summed E-state index contributed by atoms with van der Waals surface area (Å²) in [5.74, 6) is -2.71. The number of carbonyl (C=O) groups is 3. The number of phenolic OH excluding ortho intramolecular Hbond substituents is 3. The molecule has 3 aromatic carbocycles. The van der Waals surface area contributed by atoms with Crippen LogP contribution in [0.2, 0.25) is 0 Å². The molecule has 0 saturated heterocycles. The summed E-state index contributed by atoms with van der Waals surface area (Å²) in [5.41, 5.74) is 16.0. The van der Waals surface area contributed by atoms with Crippen molar-refractivity contribution in [2.75, 3.05) is 0 Å². The minimum absolute atomic E-state index is 0.0924. The maximum Gasteiger partial charge on any atom is 0.403 e. The van der Waals surface area contributed by atoms with E-state index < -0.39 is 37.9 Å². The minimum Gasteiger partial charge on any atom is -0.508 e. The lowest BCUT2D eigenvalue weighted by atomic mass is 9.95. The number of hydrogen-bond acceptors (Lipinski definition) is 11. The van der Waals surface area contributed by atoms with Crippen molar-refractivity contribution in [2.24, 2.45) is 9.04 Å². The Labute approximate surface area is 241 Å². The zero-order chi connectivity index (χ0) is 32.4. The van der Waals surface area contributed by atoms with Gasteiger partial charge in [0, 0.05) is 33.1 Å². The maximum absolute atomic E-state index is 12.3. The number of phenols is 3. The second-order valence-corrected chi connectivity index (χ2v) is 9.86. The molecule has 0 unspecified atom stereocenters. The first-order valence-corrected chi connectivity index (χ1v) is 13.6. The van der Waals surface area contributed by atoms with E-state index in [1.165, 1.54) is 18.2 Å². The summed E-state index contributed by atoms with van der Waals surface area (Å²) >= 11 is 0. The molecule has 0 fully saturated rings. The molecule has 18 nitrogen and oxygen atoms in total. The Morgan fingerprint density at radius 1 is 0.744 bits per heavy atom. The van der Waals surface area contributed by atoms with Crippen molar-refractivity contribution in [3.63, 3.8) is 0 Å². The van der Waals surface area contributed by atoms with Crippen LogP contribution in [0.1, 0.15) is 36.6 Å². The topological polar surface area (TPSA) is 307 Å². The highest BCUT2D eigenvalue weighted by Gasteiger charge is 2.20. The lowest BCUT2D eigenvalue weighted by molar-refractivity contribution is 0.0994. The van der Waals surface area contributed by atoms with Crippen molar-refractivity contribution in [3.8, 4) is 23.0 Å². The molecule has 43 heavy (non-hydrogen) atoms. The molecule has 0 spiro atoms. The third kappa shape index (κ3) is 9.90. The largest absolute Gasteiger partial charge is 0.508 e. The summed E-state index contributed by atoms with van der Waals surface area (Å²) in [5, 5.41) is 28.7. The fourth-order valence-corrected chi connectivity index (χ4v) is 3.65. The number of benzene rings is 3. The molecule has 0 bridgehead atoms. The number of hydrogen-bond donors (Lipinski definition) is 4. The standard InChI is InChI=1S/C13H9N3O7S.C10H6O2.HN3O3S/c14-15-16-24(21,22)23-8-2-4-10(12(19)6-8)13(20)9-3-1-7(17)5-11(9)18;11-9-5-6-10(12)8-4-2-1-3-7(8)9;1-2-3-7(4,5)6/h1-6,17-19H;1-6H;(H,4,5,6). The van der Waals surface area contributed by atoms with Crippen molar-refractivity contribution in [2.45, 2.75) is 0 Å². The average Bonchev–Trinajstić information content (AvgIpc) is 2.90. The molecular formula is C23H16N6O12S2. The van der Waals surface area contributed by atoms with Crippen LogP contribution in [0.15, 0.2) is 81.9 Å². The van der Waals surface area contributed by atoms with E-state index >= 15 is 0 Å². The number of carbonyl (C=O) groups excluding carboxylic acids is 3. The highest BCUT2D eigenvalue weighted by atomic mass is 32.2. The molecule has 1 aliphatic carbocycles. The third-order valence-electron chi connectivity index (χ3n) is 4.76. The van der Waals surface area contributed by atoms with Gasteiger partial charge in [-0.25, -0.2) is 0 Å². The van der Waals surface area contributed by atoms with Gasteiger partial charge in [0.15, 0.2) is 17.3 Å². The lowest BCUT2D eigenvalue weighted by Gasteiger charge is -2.08. The molecule has 0 saturated carbocycles. The van der Waals surface area contributed by atoms with Gasteiger partial charge in [0.2, 0.25) is 0 Å². The molecule has 222 valence electrons. The Morgan fingerprint density at radius 2 is 1.23 bits per heavy atom. The van der Waals surface area contributed by atoms with Crippen molar-refractivity contribution < 1.29 is 55.3 Å². The molecule has 1 aliphatic rings. The number of ketones is 3. The molecule has 0 heterocycles. The molecule has 4 rings (SSSR count). The van der Waals surface area contributed by atoms with Gasteiger partial charge < -0.3 is 19.5 Å². The average molecular weight is 633 g/mol. The molecule has 3 aromatic rings. The molecule has 20 heteroatoms. The van der Waals surface area contributed by atoms with Gasteiger partial charge >= 0.3 is 20.6 Å². The van der Waals surface area contributed by atoms with Gasteiger partial charge in [-0.15, -0.1) is 0 Å². The number of rotatable bonds is 6. The van der Waals surface area contributed by atoms with E-state index in [1.54, 1.807) is 29.2 Å². The number of nitrogens with zero attached hydrogens (tertiary/aromatic N) is 6. The van der Waals surface area contributed by atoms with Crippen molar-refractivity contribution in [1.29, 1.82) is 0 Å². The first-order chi connectivity index (χ1) is 20.1. The van der Waals surface area contributed by atoms with Crippen molar-refractivity contribution >= 4 is 38.0 Å². The number of azide groups is 2. The van der Waals surface area contributed by atoms with Gasteiger partial charge in [-0.1, -0.05) is 24.3 Å². The van der Waals surface area contributed by atoms with Crippen LogP contribution in [0, 0.1) is 0 Å². The summed E-state index contributed by atoms with van der Waals surface area (Å²) < 4.78 is 57.5. The van der Waals surface area contributed by atoms with E-state index in [2.05, 4.69) is 13.6 Å². The Kier molecular flexibility index (Phi) is 10.9. The van der Waals surface area contributed by atoms with Gasteiger partial charge in [0.25, 0.3) is 0 Å². The Morgan fingerprint density at radius 3 is 1.65 bits per heavy atom. The fourth-order valence-electron chi connectivity index (χ4n) is 3.09. The molecule has 0 aromatic heterocycles. The van der Waals surface area contributed by atoms with E-state index in [1.807, 2.05) is 4.52 Å². The van der Waals surface area contributed by atoms with Crippen LogP contribution < -0.4 is 4.18 Å². The van der Waals surface area contributed by atoms with E-state index in [9.17, 15) is 46.5 Å². The van der Waals surface area contributed by atoms with Crippen LogP contribution >= 0.6 is 0 Å². The molecule has 0 radical (unpaired) electrons. The van der Waals surface area contributed by atoms with Crippen LogP contribution in [0.25, 0.3) is 20.9 Å². The molecule has 4 N–H and O–H groups in total. The van der Waals surface area contributed by atoms with Crippen LogP contribution in [0.4, 0.5) is 0 Å². The van der Waals surface area contributed by atoms with Crippen LogP contribution in [-0.4, -0.2) is 54.1 Å². The zero-order valence-electron chi connectivity index (χ0n) is 21.0. The van der Waals surface area contributed by atoms with Gasteiger partial charge in [0.1, 0.15) is 23.0 Å². The lowest BCUT2D eigenvalue weighted by Crippen LogP contribution is -2.10. The summed E-state index contributed by atoms with van der Waals surface area (Å²) in [6.45, 7) is 0. The highest BCUT2D eigenvalue weighted by Crippen LogP contribution is 2.30. The minimum atomic E-state index is -4.55. The van der Waals surface area contributed by atoms with Gasteiger partial charge in [-0.2, -0.15) is 16.8 Å².